The lowest BCUT2D eigenvalue weighted by atomic mass is 9.93. The van der Waals surface area contributed by atoms with Crippen molar-refractivity contribution in [1.29, 1.82) is 0 Å². The van der Waals surface area contributed by atoms with E-state index in [0.717, 1.165) is 35.2 Å². The molecule has 0 aliphatic heterocycles. The van der Waals surface area contributed by atoms with E-state index in [9.17, 15) is 13.2 Å². The molecule has 162 valence electrons. The minimum absolute atomic E-state index is 0.446. The van der Waals surface area contributed by atoms with Crippen LogP contribution in [-0.2, 0) is 19.3 Å². The van der Waals surface area contributed by atoms with Gasteiger partial charge in [-0.05, 0) is 70.7 Å². The predicted octanol–water partition coefficient (Wildman–Crippen LogP) is 7.90. The minimum atomic E-state index is -1.42. The van der Waals surface area contributed by atoms with Gasteiger partial charge in [0.1, 0.15) is 0 Å². The topological polar surface area (TPSA) is 0 Å². The van der Waals surface area contributed by atoms with E-state index >= 15 is 0 Å². The highest BCUT2D eigenvalue weighted by Gasteiger charge is 2.11. The van der Waals surface area contributed by atoms with Crippen LogP contribution in [0.25, 0.3) is 11.1 Å². The molecule has 4 aromatic carbocycles. The molecule has 0 N–H and O–H groups in total. The number of hydrogen-bond acceptors (Lipinski definition) is 0. The second-order valence-electron chi connectivity index (χ2n) is 8.28. The summed E-state index contributed by atoms with van der Waals surface area (Å²) in [6.07, 6.45) is 2.07. The Labute approximate surface area is 187 Å². The maximum Gasteiger partial charge on any atom is 0.194 e. The second-order valence-corrected chi connectivity index (χ2v) is 8.28. The Morgan fingerprint density at radius 1 is 0.594 bits per heavy atom. The maximum absolute atomic E-state index is 13.4. The van der Waals surface area contributed by atoms with E-state index < -0.39 is 17.5 Å². The fourth-order valence-electron chi connectivity index (χ4n) is 3.99. The van der Waals surface area contributed by atoms with E-state index in [1.165, 1.54) is 11.1 Å². The van der Waals surface area contributed by atoms with Crippen molar-refractivity contribution < 1.29 is 13.2 Å². The van der Waals surface area contributed by atoms with Crippen LogP contribution in [-0.4, -0.2) is 0 Å². The van der Waals surface area contributed by atoms with Crippen LogP contribution in [0.1, 0.15) is 35.1 Å². The van der Waals surface area contributed by atoms with Crippen LogP contribution < -0.4 is 0 Å². The van der Waals surface area contributed by atoms with E-state index in [-0.39, 0.29) is 0 Å². The number of aryl methyl sites for hydroxylation is 2. The zero-order chi connectivity index (χ0) is 22.5. The van der Waals surface area contributed by atoms with Crippen molar-refractivity contribution in [3.8, 4) is 11.1 Å². The average Bonchev–Trinajstić information content (AvgIpc) is 2.82. The molecule has 4 rings (SSSR count). The molecule has 0 aliphatic rings. The van der Waals surface area contributed by atoms with E-state index in [1.807, 2.05) is 18.2 Å². The van der Waals surface area contributed by atoms with Crippen molar-refractivity contribution in [3.63, 3.8) is 0 Å². The summed E-state index contributed by atoms with van der Waals surface area (Å²) in [5, 5.41) is 0. The van der Waals surface area contributed by atoms with Gasteiger partial charge in [0.15, 0.2) is 17.5 Å². The molecule has 4 aromatic rings. The first-order valence-corrected chi connectivity index (χ1v) is 10.9. The van der Waals surface area contributed by atoms with Gasteiger partial charge >= 0.3 is 0 Å². The summed E-state index contributed by atoms with van der Waals surface area (Å²) in [6.45, 7) is 2.25. The first-order chi connectivity index (χ1) is 15.5. The minimum Gasteiger partial charge on any atom is -0.204 e. The molecule has 32 heavy (non-hydrogen) atoms. The molecule has 0 bridgehead atoms. The third kappa shape index (κ3) is 5.28. The van der Waals surface area contributed by atoms with Crippen molar-refractivity contribution in [3.05, 3.63) is 131 Å². The van der Waals surface area contributed by atoms with Crippen LogP contribution in [0.3, 0.4) is 0 Å². The van der Waals surface area contributed by atoms with E-state index in [2.05, 4.69) is 67.6 Å². The molecule has 0 aliphatic carbocycles. The van der Waals surface area contributed by atoms with E-state index in [0.29, 0.717) is 24.3 Å². The zero-order valence-corrected chi connectivity index (χ0v) is 18.0. The van der Waals surface area contributed by atoms with E-state index in [1.54, 1.807) is 0 Å². The van der Waals surface area contributed by atoms with Crippen LogP contribution in [0.15, 0.2) is 91.0 Å². The maximum atomic E-state index is 13.4. The average molecular weight is 431 g/mol. The lowest BCUT2D eigenvalue weighted by Crippen LogP contribution is -1.98. The molecule has 0 saturated carbocycles. The second kappa shape index (κ2) is 9.86. The molecular weight excluding hydrogens is 405 g/mol. The Morgan fingerprint density at radius 3 is 1.66 bits per heavy atom. The summed E-state index contributed by atoms with van der Waals surface area (Å²) in [6, 6.07) is 29.5. The molecule has 0 fully saturated rings. The molecule has 3 heteroatoms. The van der Waals surface area contributed by atoms with Crippen LogP contribution in [0.4, 0.5) is 13.2 Å². The van der Waals surface area contributed by atoms with Gasteiger partial charge in [-0.3, -0.25) is 0 Å². The molecule has 0 heterocycles. The molecule has 1 unspecified atom stereocenters. The van der Waals surface area contributed by atoms with E-state index in [4.69, 9.17) is 0 Å². The fraction of sp³-hybridized carbons (Fsp3) is 0.172. The lowest BCUT2D eigenvalue weighted by Gasteiger charge is -2.12. The Morgan fingerprint density at radius 2 is 1.09 bits per heavy atom. The monoisotopic (exact) mass is 430 g/mol. The highest BCUT2D eigenvalue weighted by Crippen LogP contribution is 2.24. The zero-order valence-electron chi connectivity index (χ0n) is 18.0. The molecule has 0 radical (unpaired) electrons. The molecule has 0 saturated heterocycles. The van der Waals surface area contributed by atoms with Crippen molar-refractivity contribution in [2.75, 3.05) is 0 Å². The van der Waals surface area contributed by atoms with Crippen LogP contribution in [0, 0.1) is 17.5 Å². The summed E-state index contributed by atoms with van der Waals surface area (Å²) in [5.41, 5.74) is 6.43. The quantitative estimate of drug-likeness (QED) is 0.261. The van der Waals surface area contributed by atoms with Crippen molar-refractivity contribution >= 4 is 0 Å². The van der Waals surface area contributed by atoms with Gasteiger partial charge in [-0.15, -0.1) is 0 Å². The van der Waals surface area contributed by atoms with Gasteiger partial charge in [0.2, 0.25) is 0 Å². The number of rotatable bonds is 7. The van der Waals surface area contributed by atoms with Crippen molar-refractivity contribution in [2.24, 2.45) is 0 Å². The summed E-state index contributed by atoms with van der Waals surface area (Å²) >= 11 is 0. The number of halogens is 3. The fourth-order valence-corrected chi connectivity index (χ4v) is 3.99. The van der Waals surface area contributed by atoms with Gasteiger partial charge in [0.25, 0.3) is 0 Å². The summed E-state index contributed by atoms with van der Waals surface area (Å²) in [5.74, 6) is -3.24. The number of hydrogen-bond donors (Lipinski definition) is 0. The third-order valence-electron chi connectivity index (χ3n) is 5.90. The van der Waals surface area contributed by atoms with Gasteiger partial charge in [0.05, 0.1) is 0 Å². The molecular formula is C29H25F3. The highest BCUT2D eigenvalue weighted by molar-refractivity contribution is 5.64. The van der Waals surface area contributed by atoms with Gasteiger partial charge in [-0.1, -0.05) is 85.8 Å². The normalized spacial score (nSPS) is 12.0. The smallest absolute Gasteiger partial charge is 0.194 e. The summed E-state index contributed by atoms with van der Waals surface area (Å²) in [4.78, 5) is 0. The molecule has 0 spiro atoms. The number of benzene rings is 4. The Hall–Kier alpha value is -3.33. The molecule has 0 nitrogen and oxygen atoms in total. The molecule has 0 aromatic heterocycles. The summed E-state index contributed by atoms with van der Waals surface area (Å²) in [7, 11) is 0. The Bertz CT molecular complexity index is 1140. The molecule has 1 atom stereocenters. The molecule has 0 amide bonds. The summed E-state index contributed by atoms with van der Waals surface area (Å²) < 4.78 is 39.8. The largest absolute Gasteiger partial charge is 0.204 e. The lowest BCUT2D eigenvalue weighted by molar-refractivity contribution is 0.445. The Balaban J connectivity index is 1.37. The van der Waals surface area contributed by atoms with Crippen LogP contribution in [0.5, 0.6) is 0 Å². The van der Waals surface area contributed by atoms with Crippen molar-refractivity contribution in [2.45, 2.75) is 32.1 Å². The first kappa shape index (κ1) is 21.9. The van der Waals surface area contributed by atoms with Gasteiger partial charge < -0.3 is 0 Å². The van der Waals surface area contributed by atoms with Crippen LogP contribution >= 0.6 is 0 Å². The third-order valence-corrected chi connectivity index (χ3v) is 5.90. The van der Waals surface area contributed by atoms with Crippen LogP contribution in [0.2, 0.25) is 0 Å². The SMILES string of the molecule is CC(Cc1ccc(-c2ccc(CCc3cc(F)c(F)c(F)c3)cc2)cc1)c1ccccc1. The predicted molar refractivity (Wildman–Crippen MR) is 124 cm³/mol. The standard InChI is InChI=1S/C29H25F3/c1-20(24-5-3-2-4-6-24)17-22-11-15-26(16-12-22)25-13-9-21(10-14-25)7-8-23-18-27(30)29(32)28(31)19-23/h2-6,9-16,18-20H,7-8,17H2,1H3. The Kier molecular flexibility index (Phi) is 6.75. The van der Waals surface area contributed by atoms with Gasteiger partial charge in [-0.25, -0.2) is 13.2 Å². The highest BCUT2D eigenvalue weighted by atomic mass is 19.2. The van der Waals surface area contributed by atoms with Gasteiger partial charge in [0, 0.05) is 0 Å². The first-order valence-electron chi connectivity index (χ1n) is 10.9. The van der Waals surface area contributed by atoms with Crippen molar-refractivity contribution in [1.82, 2.24) is 0 Å². The van der Waals surface area contributed by atoms with Gasteiger partial charge in [-0.2, -0.15) is 0 Å².